The molecule has 1 aliphatic heterocycles. The number of pyridine rings is 1. The molecule has 5 aromatic rings. The van der Waals surface area contributed by atoms with Crippen molar-refractivity contribution in [2.45, 2.75) is 38.3 Å². The number of nitrogens with zero attached hydrogens (tertiary/aromatic N) is 7. The van der Waals surface area contributed by atoms with Crippen LogP contribution < -0.4 is 10.5 Å². The second-order valence-corrected chi connectivity index (χ2v) is 11.7. The number of aromatic amines is 1. The van der Waals surface area contributed by atoms with Gasteiger partial charge in [-0.25, -0.2) is 9.78 Å². The fraction of sp³-hybridized carbons (Fsp3) is 0.241. The second kappa shape index (κ2) is 11.0. The Morgan fingerprint density at radius 3 is 2.56 bits per heavy atom. The van der Waals surface area contributed by atoms with Crippen LogP contribution in [0.15, 0.2) is 65.7 Å². The smallest absolute Gasteiger partial charge is 0.411 e. The Kier molecular flexibility index (Phi) is 7.28. The monoisotopic (exact) mass is 620 g/mol. The number of carboxylic acid groups (broad SMARTS) is 1. The van der Waals surface area contributed by atoms with Gasteiger partial charge in [0.05, 0.1) is 29.6 Å². The molecule has 2 aromatic carbocycles. The first-order valence-corrected chi connectivity index (χ1v) is 14.1. The van der Waals surface area contributed by atoms with E-state index in [0.717, 1.165) is 16.2 Å². The molecule has 220 valence electrons. The predicted octanol–water partition coefficient (Wildman–Crippen LogP) is 4.98. The van der Waals surface area contributed by atoms with Gasteiger partial charge in [0.2, 0.25) is 0 Å². The van der Waals surface area contributed by atoms with E-state index in [0.29, 0.717) is 51.9 Å². The summed E-state index contributed by atoms with van der Waals surface area (Å²) in [5.74, 6) is 0.545. The summed E-state index contributed by atoms with van der Waals surface area (Å²) >= 11 is 12.9. The zero-order valence-corrected chi connectivity index (χ0v) is 24.6. The number of H-pyrrole nitrogens is 1. The molecule has 1 aliphatic rings. The van der Waals surface area contributed by atoms with Crippen LogP contribution in [0.3, 0.4) is 0 Å². The topological polar surface area (TPSA) is 155 Å². The van der Waals surface area contributed by atoms with Crippen molar-refractivity contribution in [3.8, 4) is 28.1 Å². The maximum absolute atomic E-state index is 13.5. The van der Waals surface area contributed by atoms with E-state index in [1.54, 1.807) is 66.9 Å². The van der Waals surface area contributed by atoms with Crippen molar-refractivity contribution in [1.82, 2.24) is 34.7 Å². The molecule has 14 heteroatoms. The Morgan fingerprint density at radius 1 is 1.12 bits per heavy atom. The number of tetrazole rings is 1. The van der Waals surface area contributed by atoms with E-state index in [1.165, 1.54) is 11.0 Å². The number of hydrogen-bond donors (Lipinski definition) is 3. The van der Waals surface area contributed by atoms with Crippen LogP contribution in [-0.2, 0) is 6.42 Å². The number of amides is 1. The van der Waals surface area contributed by atoms with Crippen LogP contribution in [-0.4, -0.2) is 63.2 Å². The van der Waals surface area contributed by atoms with Crippen molar-refractivity contribution in [2.24, 2.45) is 0 Å². The van der Waals surface area contributed by atoms with E-state index < -0.39 is 11.7 Å². The summed E-state index contributed by atoms with van der Waals surface area (Å²) in [6.07, 6.45) is 1.59. The summed E-state index contributed by atoms with van der Waals surface area (Å²) in [6, 6.07) is 15.2. The third-order valence-electron chi connectivity index (χ3n) is 7.24. The average Bonchev–Trinajstić information content (AvgIpc) is 3.71. The van der Waals surface area contributed by atoms with Crippen LogP contribution in [0.2, 0.25) is 10.2 Å². The quantitative estimate of drug-likeness (QED) is 0.230. The summed E-state index contributed by atoms with van der Waals surface area (Å²) in [5.41, 5.74) is 3.19. The number of imidazole rings is 1. The Labute approximate surface area is 255 Å². The number of aromatic nitrogens is 7. The molecule has 0 fully saturated rings. The standard InChI is InChI=1S/C29H26Cl2N8O4/c1-29(2,43)14-37(28(41)42)19-6-3-16(4-7-19)25-26(31)34-27(33-25)23-10-8-20-11-17(12-24(40)39(20)23)21-13-18(30)5-9-22(21)38-15-32-35-36-38/h3-7,9,11-13,15,23,43H,8,10,14H2,1-2H3,(H,33,34)(H,41,42)/t23-/m0/s1. The summed E-state index contributed by atoms with van der Waals surface area (Å²) in [6.45, 7) is 2.99. The molecule has 0 radical (unpaired) electrons. The predicted molar refractivity (Wildman–Crippen MR) is 161 cm³/mol. The van der Waals surface area contributed by atoms with Crippen molar-refractivity contribution in [3.05, 3.63) is 93.0 Å². The molecule has 0 saturated heterocycles. The SMILES string of the molecule is CC(C)(O)CN(C(=O)O)c1ccc(-c2[nH]c([C@@H]3CCc4cc(-c5cc(Cl)ccc5-n5cnnn5)cc(=O)n43)nc2Cl)cc1. The molecule has 1 atom stereocenters. The molecular weight excluding hydrogens is 595 g/mol. The third kappa shape index (κ3) is 5.64. The minimum Gasteiger partial charge on any atom is -0.465 e. The number of halogens is 2. The number of anilines is 1. The van der Waals surface area contributed by atoms with Gasteiger partial charge in [-0.2, -0.15) is 4.68 Å². The maximum atomic E-state index is 13.5. The number of rotatable bonds is 7. The molecule has 12 nitrogen and oxygen atoms in total. The summed E-state index contributed by atoms with van der Waals surface area (Å²) in [7, 11) is 0. The Balaban J connectivity index is 1.31. The van der Waals surface area contributed by atoms with E-state index in [1.807, 2.05) is 6.07 Å². The minimum absolute atomic E-state index is 0.0928. The highest BCUT2D eigenvalue weighted by Gasteiger charge is 2.29. The Hall–Kier alpha value is -4.52. The lowest BCUT2D eigenvalue weighted by Crippen LogP contribution is -2.41. The molecular formula is C29H26Cl2N8O4. The van der Waals surface area contributed by atoms with Gasteiger partial charge in [0, 0.05) is 33.6 Å². The Morgan fingerprint density at radius 2 is 1.88 bits per heavy atom. The molecule has 0 bridgehead atoms. The largest absolute Gasteiger partial charge is 0.465 e. The van der Waals surface area contributed by atoms with Crippen molar-refractivity contribution in [1.29, 1.82) is 0 Å². The molecule has 3 N–H and O–H groups in total. The first kappa shape index (κ1) is 28.6. The minimum atomic E-state index is -1.21. The van der Waals surface area contributed by atoms with E-state index in [4.69, 9.17) is 23.2 Å². The normalized spacial score (nSPS) is 14.6. The molecule has 1 amide bonds. The number of benzene rings is 2. The van der Waals surface area contributed by atoms with Crippen LogP contribution in [0, 0.1) is 0 Å². The van der Waals surface area contributed by atoms with E-state index in [9.17, 15) is 19.8 Å². The van der Waals surface area contributed by atoms with Gasteiger partial charge in [-0.15, -0.1) is 5.10 Å². The highest BCUT2D eigenvalue weighted by atomic mass is 35.5. The van der Waals surface area contributed by atoms with Gasteiger partial charge in [-0.05, 0) is 79.1 Å². The molecule has 0 spiro atoms. The van der Waals surface area contributed by atoms with Gasteiger partial charge in [-0.3, -0.25) is 9.69 Å². The first-order chi connectivity index (χ1) is 20.5. The zero-order chi connectivity index (χ0) is 30.5. The number of aryl methyl sites for hydroxylation is 1. The highest BCUT2D eigenvalue weighted by Crippen LogP contribution is 2.36. The van der Waals surface area contributed by atoms with Crippen molar-refractivity contribution >= 4 is 35.0 Å². The fourth-order valence-electron chi connectivity index (χ4n) is 5.40. The number of nitrogens with one attached hydrogen (secondary N) is 1. The van der Waals surface area contributed by atoms with Crippen LogP contribution in [0.5, 0.6) is 0 Å². The molecule has 0 unspecified atom stereocenters. The highest BCUT2D eigenvalue weighted by molar-refractivity contribution is 6.32. The van der Waals surface area contributed by atoms with Crippen LogP contribution >= 0.6 is 23.2 Å². The molecule has 0 saturated carbocycles. The van der Waals surface area contributed by atoms with Gasteiger partial charge in [0.15, 0.2) is 5.15 Å². The van der Waals surface area contributed by atoms with Gasteiger partial charge in [-0.1, -0.05) is 35.3 Å². The lowest BCUT2D eigenvalue weighted by atomic mass is 10.0. The van der Waals surface area contributed by atoms with E-state index in [-0.39, 0.29) is 23.3 Å². The first-order valence-electron chi connectivity index (χ1n) is 13.4. The molecule has 4 heterocycles. The maximum Gasteiger partial charge on any atom is 0.411 e. The molecule has 3 aromatic heterocycles. The molecule has 43 heavy (non-hydrogen) atoms. The van der Waals surface area contributed by atoms with E-state index >= 15 is 0 Å². The van der Waals surface area contributed by atoms with Gasteiger partial charge < -0.3 is 19.8 Å². The van der Waals surface area contributed by atoms with Gasteiger partial charge in [0.25, 0.3) is 5.56 Å². The van der Waals surface area contributed by atoms with E-state index in [2.05, 4.69) is 25.5 Å². The number of carbonyl (C=O) groups is 1. The fourth-order valence-corrected chi connectivity index (χ4v) is 5.82. The number of fused-ring (bicyclic) bond motifs is 1. The molecule has 6 rings (SSSR count). The summed E-state index contributed by atoms with van der Waals surface area (Å²) < 4.78 is 3.24. The van der Waals surface area contributed by atoms with Gasteiger partial charge >= 0.3 is 6.09 Å². The van der Waals surface area contributed by atoms with Gasteiger partial charge in [0.1, 0.15) is 12.2 Å². The number of aliphatic hydroxyl groups is 1. The van der Waals surface area contributed by atoms with Crippen molar-refractivity contribution in [2.75, 3.05) is 11.4 Å². The lowest BCUT2D eigenvalue weighted by molar-refractivity contribution is 0.0860. The zero-order valence-electron chi connectivity index (χ0n) is 23.1. The summed E-state index contributed by atoms with van der Waals surface area (Å²) in [4.78, 5) is 34.2. The summed E-state index contributed by atoms with van der Waals surface area (Å²) in [5, 5.41) is 31.9. The van der Waals surface area contributed by atoms with Crippen LogP contribution in [0.4, 0.5) is 10.5 Å². The lowest BCUT2D eigenvalue weighted by Gasteiger charge is -2.26. The third-order valence-corrected chi connectivity index (χ3v) is 7.74. The van der Waals surface area contributed by atoms with Crippen LogP contribution in [0.1, 0.15) is 37.8 Å². The van der Waals surface area contributed by atoms with Crippen LogP contribution in [0.25, 0.3) is 28.1 Å². The second-order valence-electron chi connectivity index (χ2n) is 10.9. The average molecular weight is 621 g/mol. The van der Waals surface area contributed by atoms with Crippen molar-refractivity contribution < 1.29 is 15.0 Å². The van der Waals surface area contributed by atoms with Crippen molar-refractivity contribution in [3.63, 3.8) is 0 Å². The number of hydrogen-bond acceptors (Lipinski definition) is 7. The molecule has 0 aliphatic carbocycles. The Bertz CT molecular complexity index is 1880.